The molecule has 0 saturated carbocycles. The molecule has 0 aromatic rings. The minimum atomic E-state index is -0.423. The third-order valence-corrected chi connectivity index (χ3v) is 2.71. The van der Waals surface area contributed by atoms with Gasteiger partial charge in [-0.1, -0.05) is 0 Å². The molecular formula is C10H17ClN2O3. The van der Waals surface area contributed by atoms with Crippen LogP contribution in [0.2, 0.25) is 0 Å². The van der Waals surface area contributed by atoms with Crippen LogP contribution in [0.4, 0.5) is 4.79 Å². The number of hydrogen-bond donors (Lipinski definition) is 1. The van der Waals surface area contributed by atoms with Crippen LogP contribution in [-0.2, 0) is 9.53 Å². The molecule has 1 N–H and O–H groups in total. The summed E-state index contributed by atoms with van der Waals surface area (Å²) in [4.78, 5) is 24.2. The minimum absolute atomic E-state index is 0.00781. The van der Waals surface area contributed by atoms with Gasteiger partial charge in [0.25, 0.3) is 0 Å². The highest BCUT2D eigenvalue weighted by molar-refractivity contribution is 6.27. The predicted octanol–water partition coefficient (Wildman–Crippen LogP) is 0.962. The Morgan fingerprint density at radius 1 is 1.56 bits per heavy atom. The Morgan fingerprint density at radius 2 is 2.31 bits per heavy atom. The van der Waals surface area contributed by atoms with Crippen LogP contribution in [0, 0.1) is 0 Å². The molecule has 0 aliphatic carbocycles. The van der Waals surface area contributed by atoms with Crippen molar-refractivity contribution in [3.8, 4) is 0 Å². The summed E-state index contributed by atoms with van der Waals surface area (Å²) in [5.74, 6) is -0.0939. The lowest BCUT2D eigenvalue weighted by molar-refractivity contribution is -0.129. The van der Waals surface area contributed by atoms with Gasteiger partial charge in [0.1, 0.15) is 5.88 Å². The van der Waals surface area contributed by atoms with Crippen molar-refractivity contribution in [3.63, 3.8) is 0 Å². The zero-order valence-electron chi connectivity index (χ0n) is 9.37. The first-order valence-electron chi connectivity index (χ1n) is 5.44. The zero-order chi connectivity index (χ0) is 12.0. The Labute approximate surface area is 100 Å². The highest BCUT2D eigenvalue weighted by atomic mass is 35.5. The number of nitrogens with one attached hydrogen (secondary N) is 1. The summed E-state index contributed by atoms with van der Waals surface area (Å²) in [6.45, 7) is 3.34. The van der Waals surface area contributed by atoms with Gasteiger partial charge < -0.3 is 15.0 Å². The van der Waals surface area contributed by atoms with Crippen LogP contribution in [0.5, 0.6) is 0 Å². The molecule has 1 atom stereocenters. The number of carbonyl (C=O) groups excluding carboxylic acids is 2. The molecule has 1 heterocycles. The second kappa shape index (κ2) is 6.58. The van der Waals surface area contributed by atoms with Crippen molar-refractivity contribution in [2.45, 2.75) is 25.8 Å². The Balaban J connectivity index is 2.38. The van der Waals surface area contributed by atoms with E-state index >= 15 is 0 Å². The van der Waals surface area contributed by atoms with Gasteiger partial charge in [0, 0.05) is 19.1 Å². The lowest BCUT2D eigenvalue weighted by Crippen LogP contribution is -2.50. The van der Waals surface area contributed by atoms with E-state index in [1.54, 1.807) is 11.8 Å². The molecule has 1 aliphatic heterocycles. The first kappa shape index (κ1) is 13.1. The SMILES string of the molecule is CCOC(=O)NC1CCCN(C(=O)CCl)C1. The van der Waals surface area contributed by atoms with Crippen molar-refractivity contribution >= 4 is 23.6 Å². The van der Waals surface area contributed by atoms with E-state index in [0.717, 1.165) is 12.8 Å². The second-order valence-corrected chi connectivity index (χ2v) is 3.94. The molecule has 0 aromatic heterocycles. The van der Waals surface area contributed by atoms with Gasteiger partial charge >= 0.3 is 6.09 Å². The molecule has 16 heavy (non-hydrogen) atoms. The zero-order valence-corrected chi connectivity index (χ0v) is 10.1. The van der Waals surface area contributed by atoms with Crippen LogP contribution in [0.3, 0.4) is 0 Å². The highest BCUT2D eigenvalue weighted by Crippen LogP contribution is 2.10. The molecule has 1 aliphatic rings. The normalized spacial score (nSPS) is 20.4. The van der Waals surface area contributed by atoms with Gasteiger partial charge in [0.05, 0.1) is 6.61 Å². The molecule has 2 amide bonds. The third kappa shape index (κ3) is 3.89. The number of hydrogen-bond acceptors (Lipinski definition) is 3. The number of nitrogens with zero attached hydrogens (tertiary/aromatic N) is 1. The number of alkyl halides is 1. The summed E-state index contributed by atoms with van der Waals surface area (Å²) in [7, 11) is 0. The molecule has 1 rings (SSSR count). The molecule has 0 aromatic carbocycles. The maximum Gasteiger partial charge on any atom is 0.407 e. The summed E-state index contributed by atoms with van der Waals surface area (Å²) < 4.78 is 4.79. The number of halogens is 1. The molecule has 92 valence electrons. The maximum atomic E-state index is 11.4. The van der Waals surface area contributed by atoms with Crippen molar-refractivity contribution in [2.75, 3.05) is 25.6 Å². The van der Waals surface area contributed by atoms with Crippen molar-refractivity contribution in [1.82, 2.24) is 10.2 Å². The predicted molar refractivity (Wildman–Crippen MR) is 60.5 cm³/mol. The highest BCUT2D eigenvalue weighted by Gasteiger charge is 2.24. The largest absolute Gasteiger partial charge is 0.450 e. The minimum Gasteiger partial charge on any atom is -0.450 e. The first-order chi connectivity index (χ1) is 7.67. The van der Waals surface area contributed by atoms with Gasteiger partial charge in [-0.05, 0) is 19.8 Å². The van der Waals surface area contributed by atoms with Crippen LogP contribution in [0.15, 0.2) is 0 Å². The van der Waals surface area contributed by atoms with E-state index in [9.17, 15) is 9.59 Å². The fourth-order valence-corrected chi connectivity index (χ4v) is 1.91. The number of likely N-dealkylation sites (tertiary alicyclic amines) is 1. The van der Waals surface area contributed by atoms with Gasteiger partial charge in [-0.15, -0.1) is 11.6 Å². The van der Waals surface area contributed by atoms with Crippen molar-refractivity contribution in [3.05, 3.63) is 0 Å². The monoisotopic (exact) mass is 248 g/mol. The average Bonchev–Trinajstić information content (AvgIpc) is 2.28. The Hall–Kier alpha value is -0.970. The van der Waals surface area contributed by atoms with E-state index < -0.39 is 6.09 Å². The number of ether oxygens (including phenoxy) is 1. The van der Waals surface area contributed by atoms with Crippen LogP contribution in [0.25, 0.3) is 0 Å². The lowest BCUT2D eigenvalue weighted by atomic mass is 10.1. The van der Waals surface area contributed by atoms with Gasteiger partial charge in [-0.25, -0.2) is 4.79 Å². The van der Waals surface area contributed by atoms with Gasteiger partial charge in [0.15, 0.2) is 0 Å². The molecular weight excluding hydrogens is 232 g/mol. The van der Waals surface area contributed by atoms with Crippen molar-refractivity contribution < 1.29 is 14.3 Å². The third-order valence-electron chi connectivity index (χ3n) is 2.49. The number of rotatable bonds is 3. The van der Waals surface area contributed by atoms with Gasteiger partial charge in [0.2, 0.25) is 5.91 Å². The molecule has 0 radical (unpaired) electrons. The summed E-state index contributed by atoms with van der Waals surface area (Å²) in [5, 5.41) is 2.73. The first-order valence-corrected chi connectivity index (χ1v) is 5.97. The van der Waals surface area contributed by atoms with Gasteiger partial charge in [-0.2, -0.15) is 0 Å². The summed E-state index contributed by atoms with van der Waals surface area (Å²) in [5.41, 5.74) is 0. The Kier molecular flexibility index (Phi) is 5.38. The van der Waals surface area contributed by atoms with E-state index in [1.807, 2.05) is 0 Å². The van der Waals surface area contributed by atoms with Crippen LogP contribution in [0.1, 0.15) is 19.8 Å². The summed E-state index contributed by atoms with van der Waals surface area (Å²) in [6, 6.07) is -0.0278. The number of piperidine rings is 1. The van der Waals surface area contributed by atoms with E-state index in [4.69, 9.17) is 16.3 Å². The Morgan fingerprint density at radius 3 is 2.94 bits per heavy atom. The standard InChI is InChI=1S/C10H17ClN2O3/c1-2-16-10(15)12-8-4-3-5-13(7-8)9(14)6-11/h8H,2-7H2,1H3,(H,12,15). The quantitative estimate of drug-likeness (QED) is 0.757. The number of amides is 2. The topological polar surface area (TPSA) is 58.6 Å². The van der Waals surface area contributed by atoms with Crippen LogP contribution >= 0.6 is 11.6 Å². The summed E-state index contributed by atoms with van der Waals surface area (Å²) >= 11 is 5.49. The lowest BCUT2D eigenvalue weighted by Gasteiger charge is -2.32. The summed E-state index contributed by atoms with van der Waals surface area (Å²) in [6.07, 6.45) is 1.32. The molecule has 6 heteroatoms. The second-order valence-electron chi connectivity index (χ2n) is 3.68. The van der Waals surface area contributed by atoms with Crippen molar-refractivity contribution in [1.29, 1.82) is 0 Å². The van der Waals surface area contributed by atoms with Crippen LogP contribution in [-0.4, -0.2) is 48.5 Å². The van der Waals surface area contributed by atoms with E-state index in [-0.39, 0.29) is 17.8 Å². The van der Waals surface area contributed by atoms with Gasteiger partial charge in [-0.3, -0.25) is 4.79 Å². The molecule has 5 nitrogen and oxygen atoms in total. The van der Waals surface area contributed by atoms with E-state index in [1.165, 1.54) is 0 Å². The average molecular weight is 249 g/mol. The molecule has 1 saturated heterocycles. The van der Waals surface area contributed by atoms with Crippen molar-refractivity contribution in [2.24, 2.45) is 0 Å². The van der Waals surface area contributed by atoms with Crippen LogP contribution < -0.4 is 5.32 Å². The fraction of sp³-hybridized carbons (Fsp3) is 0.800. The maximum absolute atomic E-state index is 11.4. The molecule has 1 unspecified atom stereocenters. The Bertz CT molecular complexity index is 260. The fourth-order valence-electron chi connectivity index (χ4n) is 1.75. The molecule has 0 bridgehead atoms. The smallest absolute Gasteiger partial charge is 0.407 e. The molecule has 1 fully saturated rings. The van der Waals surface area contributed by atoms with E-state index in [0.29, 0.717) is 19.7 Å². The number of carbonyl (C=O) groups is 2. The number of alkyl carbamates (subject to hydrolysis) is 1. The molecule has 0 spiro atoms. The van der Waals surface area contributed by atoms with E-state index in [2.05, 4.69) is 5.32 Å².